The molecule has 2 heterocycles. The molecule has 2 aromatic rings. The Morgan fingerprint density at radius 2 is 1.56 bits per heavy atom. The van der Waals surface area contributed by atoms with Gasteiger partial charge < -0.3 is 15.0 Å². The fourth-order valence-electron chi connectivity index (χ4n) is 5.42. The first-order valence-corrected chi connectivity index (χ1v) is 12.3. The lowest BCUT2D eigenvalue weighted by Crippen LogP contribution is -2.44. The minimum atomic E-state index is -0.255. The van der Waals surface area contributed by atoms with Crippen LogP contribution in [0.25, 0.3) is 0 Å². The van der Waals surface area contributed by atoms with Gasteiger partial charge in [-0.3, -0.25) is 19.3 Å². The van der Waals surface area contributed by atoms with Crippen LogP contribution in [0.1, 0.15) is 76.0 Å². The molecular weight excluding hydrogens is 430 g/mol. The third kappa shape index (κ3) is 4.27. The topological polar surface area (TPSA) is 79.0 Å². The van der Waals surface area contributed by atoms with Crippen molar-refractivity contribution in [1.29, 1.82) is 0 Å². The number of methoxy groups -OCH3 is 1. The molecule has 1 saturated heterocycles. The summed E-state index contributed by atoms with van der Waals surface area (Å²) < 4.78 is 5.23. The van der Waals surface area contributed by atoms with Crippen molar-refractivity contribution in [1.82, 2.24) is 10.2 Å². The molecule has 7 nitrogen and oxygen atoms in total. The van der Waals surface area contributed by atoms with Gasteiger partial charge in [-0.25, -0.2) is 0 Å². The van der Waals surface area contributed by atoms with E-state index in [2.05, 4.69) is 22.3 Å². The predicted molar refractivity (Wildman–Crippen MR) is 130 cm³/mol. The van der Waals surface area contributed by atoms with Crippen molar-refractivity contribution < 1.29 is 19.1 Å². The maximum atomic E-state index is 13.0. The molecular formula is C27H31N3O4. The second-order valence-electron chi connectivity index (χ2n) is 9.47. The number of rotatable bonds is 5. The summed E-state index contributed by atoms with van der Waals surface area (Å²) in [6.07, 6.45) is 6.67. The Balaban J connectivity index is 1.21. The summed E-state index contributed by atoms with van der Waals surface area (Å²) in [5.41, 5.74) is 2.36. The molecule has 34 heavy (non-hydrogen) atoms. The van der Waals surface area contributed by atoms with Crippen molar-refractivity contribution >= 4 is 23.4 Å². The van der Waals surface area contributed by atoms with Crippen LogP contribution in [0.15, 0.2) is 42.5 Å². The highest BCUT2D eigenvalue weighted by Crippen LogP contribution is 2.31. The van der Waals surface area contributed by atoms with E-state index >= 15 is 0 Å². The summed E-state index contributed by atoms with van der Waals surface area (Å²) >= 11 is 0. The van der Waals surface area contributed by atoms with Gasteiger partial charge in [0.15, 0.2) is 0 Å². The predicted octanol–water partition coefficient (Wildman–Crippen LogP) is 4.02. The molecule has 1 aliphatic carbocycles. The number of nitrogens with one attached hydrogen (secondary N) is 1. The number of fused-ring (bicyclic) bond motifs is 1. The minimum absolute atomic E-state index is 0.0192. The van der Waals surface area contributed by atoms with Crippen LogP contribution >= 0.6 is 0 Å². The van der Waals surface area contributed by atoms with E-state index in [1.165, 1.54) is 4.90 Å². The lowest BCUT2D eigenvalue weighted by atomic mass is 9.94. The zero-order valence-corrected chi connectivity index (χ0v) is 19.6. The lowest BCUT2D eigenvalue weighted by Gasteiger charge is -2.34. The Labute approximate surface area is 200 Å². The van der Waals surface area contributed by atoms with Crippen LogP contribution in [0.2, 0.25) is 0 Å². The van der Waals surface area contributed by atoms with Crippen molar-refractivity contribution in [2.24, 2.45) is 0 Å². The molecule has 178 valence electrons. The smallest absolute Gasteiger partial charge is 0.261 e. The van der Waals surface area contributed by atoms with Crippen molar-refractivity contribution in [2.75, 3.05) is 25.1 Å². The Bertz CT molecular complexity index is 1080. The molecule has 2 fully saturated rings. The first-order valence-electron chi connectivity index (χ1n) is 12.3. The Morgan fingerprint density at radius 3 is 2.24 bits per heavy atom. The Kier molecular flexibility index (Phi) is 6.26. The number of carbonyl (C=O) groups excluding carboxylic acids is 3. The van der Waals surface area contributed by atoms with E-state index in [9.17, 15) is 14.4 Å². The molecule has 0 spiro atoms. The molecule has 1 saturated carbocycles. The van der Waals surface area contributed by atoms with Gasteiger partial charge in [-0.05, 0) is 68.1 Å². The molecule has 1 N–H and O–H groups in total. The molecule has 0 radical (unpaired) electrons. The number of anilines is 1. The number of ether oxygens (including phenoxy) is 1. The average Bonchev–Trinajstić information content (AvgIpc) is 3.14. The highest BCUT2D eigenvalue weighted by atomic mass is 16.5. The van der Waals surface area contributed by atoms with E-state index in [4.69, 9.17) is 4.74 Å². The third-order valence-corrected chi connectivity index (χ3v) is 7.39. The van der Waals surface area contributed by atoms with E-state index in [0.717, 1.165) is 69.5 Å². The lowest BCUT2D eigenvalue weighted by molar-refractivity contribution is 0.0548. The molecule has 0 unspecified atom stereocenters. The van der Waals surface area contributed by atoms with Gasteiger partial charge in [0.05, 0.1) is 18.2 Å². The van der Waals surface area contributed by atoms with E-state index in [0.29, 0.717) is 16.7 Å². The van der Waals surface area contributed by atoms with Gasteiger partial charge in [-0.1, -0.05) is 19.3 Å². The SMILES string of the molecule is COc1ccc(N2CCC(NC(=O)c3ccc4c(c3)C(=O)N(C3CCCCC3)C4=O)CC2)cc1. The van der Waals surface area contributed by atoms with E-state index in [1.54, 1.807) is 25.3 Å². The first kappa shape index (κ1) is 22.4. The molecule has 2 aliphatic heterocycles. The highest BCUT2D eigenvalue weighted by molar-refractivity contribution is 6.22. The largest absolute Gasteiger partial charge is 0.497 e. The van der Waals surface area contributed by atoms with Crippen molar-refractivity contribution in [3.8, 4) is 5.75 Å². The second-order valence-corrected chi connectivity index (χ2v) is 9.47. The van der Waals surface area contributed by atoms with E-state index in [1.807, 2.05) is 12.1 Å². The van der Waals surface area contributed by atoms with Crippen molar-refractivity contribution in [2.45, 2.75) is 57.0 Å². The minimum Gasteiger partial charge on any atom is -0.497 e. The van der Waals surface area contributed by atoms with E-state index in [-0.39, 0.29) is 29.8 Å². The van der Waals surface area contributed by atoms with Crippen molar-refractivity contribution in [3.05, 3.63) is 59.2 Å². The summed E-state index contributed by atoms with van der Waals surface area (Å²) in [5, 5.41) is 3.12. The molecule has 5 rings (SSSR count). The van der Waals surface area contributed by atoms with Crippen LogP contribution in [-0.2, 0) is 0 Å². The standard InChI is InChI=1S/C27H31N3O4/c1-34-22-10-8-20(9-11-22)29-15-13-19(14-16-29)28-25(31)18-7-12-23-24(17-18)27(33)30(26(23)32)21-5-3-2-4-6-21/h7-12,17,19,21H,2-6,13-16H2,1H3,(H,28,31). The van der Waals surface area contributed by atoms with Crippen LogP contribution in [0, 0.1) is 0 Å². The van der Waals surface area contributed by atoms with Gasteiger partial charge in [0.25, 0.3) is 17.7 Å². The Hall–Kier alpha value is -3.35. The first-order chi connectivity index (χ1) is 16.5. The van der Waals surface area contributed by atoms with Crippen LogP contribution in [0.4, 0.5) is 5.69 Å². The van der Waals surface area contributed by atoms with Gasteiger partial charge in [-0.15, -0.1) is 0 Å². The number of hydrogen-bond acceptors (Lipinski definition) is 5. The summed E-state index contributed by atoms with van der Waals surface area (Å²) in [7, 11) is 1.66. The maximum absolute atomic E-state index is 13.0. The van der Waals surface area contributed by atoms with Crippen LogP contribution in [0.5, 0.6) is 5.75 Å². The monoisotopic (exact) mass is 461 g/mol. The number of amides is 3. The van der Waals surface area contributed by atoms with Gasteiger partial charge in [0.2, 0.25) is 0 Å². The molecule has 0 aromatic heterocycles. The number of carbonyl (C=O) groups is 3. The zero-order valence-electron chi connectivity index (χ0n) is 19.6. The van der Waals surface area contributed by atoms with Crippen LogP contribution < -0.4 is 15.0 Å². The van der Waals surface area contributed by atoms with Gasteiger partial charge in [0.1, 0.15) is 5.75 Å². The zero-order chi connectivity index (χ0) is 23.7. The second kappa shape index (κ2) is 9.49. The molecule has 7 heteroatoms. The summed E-state index contributed by atoms with van der Waals surface area (Å²) in [4.78, 5) is 42.6. The number of imide groups is 1. The van der Waals surface area contributed by atoms with Crippen LogP contribution in [0.3, 0.4) is 0 Å². The summed E-state index contributed by atoms with van der Waals surface area (Å²) in [5.74, 6) is 0.170. The fraction of sp³-hybridized carbons (Fsp3) is 0.444. The van der Waals surface area contributed by atoms with Gasteiger partial charge >= 0.3 is 0 Å². The molecule has 0 atom stereocenters. The number of piperidine rings is 1. The average molecular weight is 462 g/mol. The summed E-state index contributed by atoms with van der Waals surface area (Å²) in [6.45, 7) is 1.70. The van der Waals surface area contributed by atoms with E-state index < -0.39 is 0 Å². The number of nitrogens with zero attached hydrogens (tertiary/aromatic N) is 2. The van der Waals surface area contributed by atoms with Crippen molar-refractivity contribution in [3.63, 3.8) is 0 Å². The normalized spacial score (nSPS) is 19.3. The molecule has 0 bridgehead atoms. The molecule has 3 aliphatic rings. The molecule has 3 amide bonds. The molecule has 2 aromatic carbocycles. The Morgan fingerprint density at radius 1 is 0.882 bits per heavy atom. The number of hydrogen-bond donors (Lipinski definition) is 1. The third-order valence-electron chi connectivity index (χ3n) is 7.39. The maximum Gasteiger partial charge on any atom is 0.261 e. The van der Waals surface area contributed by atoms with Gasteiger partial charge in [0, 0.05) is 36.4 Å². The van der Waals surface area contributed by atoms with Crippen LogP contribution in [-0.4, -0.2) is 54.9 Å². The quantitative estimate of drug-likeness (QED) is 0.681. The fourth-order valence-corrected chi connectivity index (χ4v) is 5.42. The van der Waals surface area contributed by atoms with Gasteiger partial charge in [-0.2, -0.15) is 0 Å². The highest BCUT2D eigenvalue weighted by Gasteiger charge is 2.40. The summed E-state index contributed by atoms with van der Waals surface area (Å²) in [6, 6.07) is 13.0. The number of benzene rings is 2.